The predicted octanol–water partition coefficient (Wildman–Crippen LogP) is 4.23. The van der Waals surface area contributed by atoms with Gasteiger partial charge in [0.25, 0.3) is 0 Å². The van der Waals surface area contributed by atoms with Crippen molar-refractivity contribution in [3.8, 4) is 0 Å². The first-order chi connectivity index (χ1) is 16.6. The molecule has 2 fully saturated rings. The summed E-state index contributed by atoms with van der Waals surface area (Å²) in [7, 11) is -1.78. The minimum atomic E-state index is -1.78. The number of benzene rings is 3. The molecule has 6 rings (SSSR count). The van der Waals surface area contributed by atoms with E-state index in [1.165, 1.54) is 0 Å². The maximum atomic E-state index is 14.5. The highest BCUT2D eigenvalue weighted by Gasteiger charge is 2.74. The summed E-state index contributed by atoms with van der Waals surface area (Å²) in [5, 5.41) is 1.78. The zero-order valence-electron chi connectivity index (χ0n) is 19.0. The minimum Gasteiger partial charge on any atom is -0.431 e. The van der Waals surface area contributed by atoms with E-state index in [0.29, 0.717) is 17.9 Å². The van der Waals surface area contributed by atoms with E-state index in [-0.39, 0.29) is 0 Å². The van der Waals surface area contributed by atoms with Crippen molar-refractivity contribution in [3.05, 3.63) is 95.1 Å². The number of fused-ring (bicyclic) bond motifs is 7. The number of hydrogen-bond acceptors (Lipinski definition) is 6. The van der Waals surface area contributed by atoms with Crippen molar-refractivity contribution in [1.29, 1.82) is 0 Å². The fourth-order valence-electron chi connectivity index (χ4n) is 5.35. The van der Waals surface area contributed by atoms with E-state index < -0.39 is 40.0 Å². The van der Waals surface area contributed by atoms with E-state index in [1.54, 1.807) is 5.06 Å². The molecular formula is C27H25NO5S. The number of hydroxylamine groups is 1. The number of para-hydroxylation sites is 1. The van der Waals surface area contributed by atoms with Crippen LogP contribution >= 0.6 is 0 Å². The SMILES string of the molecule is CCO[C@H]1OC(=O)[C@@]2(S(=O)c3ccc(C)cc3)[C@@H]1ON1c3ccccc3Cc3ccccc3[C@H]12. The van der Waals surface area contributed by atoms with Gasteiger partial charge in [-0.1, -0.05) is 60.2 Å². The molecule has 7 heteroatoms. The number of nitrogens with zero attached hydrogens (tertiary/aromatic N) is 1. The molecule has 2 saturated heterocycles. The summed E-state index contributed by atoms with van der Waals surface area (Å²) in [4.78, 5) is 20.9. The second kappa shape index (κ2) is 8.05. The fraction of sp³-hybridized carbons (Fsp3) is 0.296. The van der Waals surface area contributed by atoms with Crippen LogP contribution in [0.4, 0.5) is 5.69 Å². The molecule has 0 bridgehead atoms. The molecule has 3 aliphatic heterocycles. The largest absolute Gasteiger partial charge is 0.431 e. The molecule has 3 heterocycles. The standard InChI is InChI=1S/C27H25NO5S/c1-3-31-25-24-27(26(29)32-25,34(30)20-14-12-17(2)13-15-20)23-21-10-6-4-8-18(21)16-19-9-5-7-11-22(19)28(23)33-24/h4-15,23-25H,3,16H2,1-2H3/t23-,24+,25-,27-,34?/m0/s1. The molecular weight excluding hydrogens is 450 g/mol. The molecule has 3 aromatic carbocycles. The molecule has 0 spiro atoms. The highest BCUT2D eigenvalue weighted by molar-refractivity contribution is 7.87. The molecule has 174 valence electrons. The first-order valence-corrected chi connectivity index (χ1v) is 12.6. The Kier molecular flexibility index (Phi) is 5.09. The minimum absolute atomic E-state index is 0.336. The number of anilines is 1. The smallest absolute Gasteiger partial charge is 0.333 e. The zero-order chi connectivity index (χ0) is 23.4. The highest BCUT2D eigenvalue weighted by Crippen LogP contribution is 2.57. The van der Waals surface area contributed by atoms with Crippen molar-refractivity contribution in [2.45, 2.75) is 48.3 Å². The quantitative estimate of drug-likeness (QED) is 0.527. The molecule has 0 radical (unpaired) electrons. The van der Waals surface area contributed by atoms with Gasteiger partial charge < -0.3 is 9.47 Å². The molecule has 3 aromatic rings. The van der Waals surface area contributed by atoms with Crippen LogP contribution in [0.5, 0.6) is 0 Å². The van der Waals surface area contributed by atoms with Gasteiger partial charge in [-0.2, -0.15) is 0 Å². The van der Waals surface area contributed by atoms with Crippen LogP contribution < -0.4 is 5.06 Å². The first kappa shape index (κ1) is 21.5. The van der Waals surface area contributed by atoms with Crippen LogP contribution in [0.1, 0.15) is 35.2 Å². The van der Waals surface area contributed by atoms with E-state index in [2.05, 4.69) is 12.1 Å². The zero-order valence-corrected chi connectivity index (χ0v) is 19.8. The Morgan fingerprint density at radius 2 is 1.74 bits per heavy atom. The number of carbonyl (C=O) groups excluding carboxylic acids is 1. The molecule has 5 atom stereocenters. The molecule has 1 unspecified atom stereocenters. The Morgan fingerprint density at radius 1 is 1.03 bits per heavy atom. The Bertz CT molecular complexity index is 1290. The second-order valence-electron chi connectivity index (χ2n) is 8.86. The van der Waals surface area contributed by atoms with Crippen LogP contribution in [0.3, 0.4) is 0 Å². The Labute approximate surface area is 200 Å². The van der Waals surface area contributed by atoms with Crippen LogP contribution in [0.25, 0.3) is 0 Å². The molecule has 0 saturated carbocycles. The van der Waals surface area contributed by atoms with E-state index in [0.717, 1.165) is 27.9 Å². The van der Waals surface area contributed by atoms with Gasteiger partial charge in [0.15, 0.2) is 6.10 Å². The molecule has 0 N–H and O–H groups in total. The van der Waals surface area contributed by atoms with Crippen molar-refractivity contribution < 1.29 is 23.3 Å². The normalized spacial score (nSPS) is 27.8. The number of carbonyl (C=O) groups is 1. The second-order valence-corrected chi connectivity index (χ2v) is 10.5. The number of ether oxygens (including phenoxy) is 2. The van der Waals surface area contributed by atoms with Crippen molar-refractivity contribution in [2.24, 2.45) is 0 Å². The number of aryl methyl sites for hydroxylation is 1. The summed E-state index contributed by atoms with van der Waals surface area (Å²) in [6.45, 7) is 4.15. The van der Waals surface area contributed by atoms with Crippen LogP contribution in [0.2, 0.25) is 0 Å². The van der Waals surface area contributed by atoms with E-state index in [1.807, 2.05) is 74.5 Å². The Morgan fingerprint density at radius 3 is 2.50 bits per heavy atom. The maximum Gasteiger partial charge on any atom is 0.333 e. The molecule has 0 aliphatic carbocycles. The molecule has 0 amide bonds. The number of esters is 1. The van der Waals surface area contributed by atoms with Gasteiger partial charge >= 0.3 is 5.97 Å². The van der Waals surface area contributed by atoms with E-state index >= 15 is 0 Å². The summed E-state index contributed by atoms with van der Waals surface area (Å²) in [6.07, 6.45) is -1.13. The van der Waals surface area contributed by atoms with Gasteiger partial charge in [-0.25, -0.2) is 5.06 Å². The predicted molar refractivity (Wildman–Crippen MR) is 128 cm³/mol. The van der Waals surface area contributed by atoms with Gasteiger partial charge in [0.2, 0.25) is 11.0 Å². The van der Waals surface area contributed by atoms with Gasteiger partial charge in [0, 0.05) is 11.5 Å². The van der Waals surface area contributed by atoms with E-state index in [4.69, 9.17) is 14.3 Å². The molecule has 34 heavy (non-hydrogen) atoms. The van der Waals surface area contributed by atoms with Crippen molar-refractivity contribution in [2.75, 3.05) is 11.7 Å². The monoisotopic (exact) mass is 475 g/mol. The lowest BCUT2D eigenvalue weighted by atomic mass is 9.87. The van der Waals surface area contributed by atoms with Crippen molar-refractivity contribution >= 4 is 22.5 Å². The number of cyclic esters (lactones) is 1. The fourth-order valence-corrected chi connectivity index (χ4v) is 7.11. The number of rotatable bonds is 4. The van der Waals surface area contributed by atoms with E-state index in [9.17, 15) is 9.00 Å². The summed E-state index contributed by atoms with van der Waals surface area (Å²) >= 11 is 0. The lowest BCUT2D eigenvalue weighted by Crippen LogP contribution is -2.51. The number of hydrogen-bond donors (Lipinski definition) is 0. The Hall–Kier alpha value is -3.00. The molecule has 0 aromatic heterocycles. The van der Waals surface area contributed by atoms with Crippen LogP contribution in [0, 0.1) is 6.92 Å². The van der Waals surface area contributed by atoms with Crippen molar-refractivity contribution in [1.82, 2.24) is 0 Å². The summed E-state index contributed by atoms with van der Waals surface area (Å²) in [5.41, 5.74) is 4.97. The van der Waals surface area contributed by atoms with Crippen LogP contribution in [0.15, 0.2) is 77.7 Å². The van der Waals surface area contributed by atoms with Gasteiger partial charge in [-0.15, -0.1) is 0 Å². The molecule has 3 aliphatic rings. The van der Waals surface area contributed by atoms with Gasteiger partial charge in [-0.05, 0) is 55.2 Å². The third-order valence-corrected chi connectivity index (χ3v) is 8.85. The average Bonchev–Trinajstić information content (AvgIpc) is 3.28. The summed E-state index contributed by atoms with van der Waals surface area (Å²) in [6, 6.07) is 22.8. The highest BCUT2D eigenvalue weighted by atomic mass is 32.2. The van der Waals surface area contributed by atoms with Gasteiger partial charge in [-0.3, -0.25) is 13.8 Å². The van der Waals surface area contributed by atoms with Gasteiger partial charge in [0.05, 0.1) is 16.5 Å². The van der Waals surface area contributed by atoms with Gasteiger partial charge in [0.1, 0.15) is 6.04 Å². The summed E-state index contributed by atoms with van der Waals surface area (Å²) in [5.74, 6) is -0.559. The third kappa shape index (κ3) is 2.94. The van der Waals surface area contributed by atoms with Crippen molar-refractivity contribution in [3.63, 3.8) is 0 Å². The van der Waals surface area contributed by atoms with Crippen LogP contribution in [-0.4, -0.2) is 33.9 Å². The Balaban J connectivity index is 1.62. The van der Waals surface area contributed by atoms with Crippen LogP contribution in [-0.2, 0) is 36.3 Å². The maximum absolute atomic E-state index is 14.5. The lowest BCUT2D eigenvalue weighted by molar-refractivity contribution is -0.178. The third-order valence-electron chi connectivity index (χ3n) is 6.91. The first-order valence-electron chi connectivity index (χ1n) is 11.5. The lowest BCUT2D eigenvalue weighted by Gasteiger charge is -2.32. The topological polar surface area (TPSA) is 65.1 Å². The summed E-state index contributed by atoms with van der Waals surface area (Å²) < 4.78 is 24.5. The molecule has 6 nitrogen and oxygen atoms in total. The average molecular weight is 476 g/mol.